The Morgan fingerprint density at radius 3 is 1.50 bits per heavy atom. The highest BCUT2D eigenvalue weighted by molar-refractivity contribution is 5.69. The van der Waals surface area contributed by atoms with E-state index in [-0.39, 0.29) is 0 Å². The molecule has 0 atom stereocenters. The number of amides is 2. The minimum atomic E-state index is -0.833. The van der Waals surface area contributed by atoms with Crippen LogP contribution in [0.15, 0.2) is 12.7 Å². The summed E-state index contributed by atoms with van der Waals surface area (Å²) >= 11 is 0. The number of hydrogen-bond donors (Lipinski definition) is 2. The molecule has 0 fully saturated rings. The van der Waals surface area contributed by atoms with Gasteiger partial charge in [-0.25, -0.2) is 4.79 Å². The summed E-state index contributed by atoms with van der Waals surface area (Å²) in [6.07, 6.45) is 1.75. The zero-order valence-electron chi connectivity index (χ0n) is 6.76. The molecule has 0 aliphatic heterocycles. The van der Waals surface area contributed by atoms with Crippen molar-refractivity contribution in [2.45, 2.75) is 6.92 Å². The predicted molar refractivity (Wildman–Crippen MR) is 42.6 cm³/mol. The van der Waals surface area contributed by atoms with Crippen molar-refractivity contribution < 1.29 is 9.53 Å². The maximum Gasteiger partial charge on any atom is 0.309 e. The predicted octanol–water partition coefficient (Wildman–Crippen LogP) is 0.479. The molecule has 0 unspecified atom stereocenters. The molecule has 0 aromatic carbocycles. The molecule has 4 N–H and O–H groups in total. The van der Waals surface area contributed by atoms with Gasteiger partial charge in [-0.05, 0) is 6.92 Å². The van der Waals surface area contributed by atoms with Gasteiger partial charge < -0.3 is 16.2 Å². The Balaban J connectivity index is -0.0000000750. The Kier molecular flexibility index (Phi) is 39.3. The van der Waals surface area contributed by atoms with E-state index in [0.717, 1.165) is 0 Å². The second kappa shape index (κ2) is 24.6. The lowest BCUT2D eigenvalue weighted by Gasteiger charge is -1.62. The fourth-order valence-electron chi connectivity index (χ4n) is 0. The van der Waals surface area contributed by atoms with E-state index in [1.54, 1.807) is 20.3 Å². The Morgan fingerprint density at radius 2 is 1.50 bits per heavy atom. The number of carbonyl (C=O) groups excluding carboxylic acids is 1. The van der Waals surface area contributed by atoms with Gasteiger partial charge in [-0.2, -0.15) is 0 Å². The van der Waals surface area contributed by atoms with E-state index in [1.165, 1.54) is 0 Å². The van der Waals surface area contributed by atoms with Gasteiger partial charge in [-0.15, -0.1) is 6.58 Å². The summed E-state index contributed by atoms with van der Waals surface area (Å²) in [5.41, 5.74) is 8.50. The van der Waals surface area contributed by atoms with E-state index >= 15 is 0 Å². The lowest BCUT2D eigenvalue weighted by molar-refractivity contribution is 0.256. The van der Waals surface area contributed by atoms with Crippen molar-refractivity contribution in [1.29, 1.82) is 0 Å². The second-order valence-corrected chi connectivity index (χ2v) is 1.22. The third kappa shape index (κ3) is 234. The number of urea groups is 1. The average Bonchev–Trinajstić information content (AvgIpc) is 1.65. The molecule has 0 spiro atoms. The van der Waals surface area contributed by atoms with Crippen molar-refractivity contribution >= 4 is 6.03 Å². The van der Waals surface area contributed by atoms with E-state index in [2.05, 4.69) is 22.8 Å². The Labute approximate surface area is 61.8 Å². The fraction of sp³-hybridized carbons (Fsp3) is 0.500. The summed E-state index contributed by atoms with van der Waals surface area (Å²) in [4.78, 5) is 9.00. The quantitative estimate of drug-likeness (QED) is 0.490. The highest BCUT2D eigenvalue weighted by atomic mass is 16.4. The monoisotopic (exact) mass is 148 g/mol. The molecule has 4 nitrogen and oxygen atoms in total. The van der Waals surface area contributed by atoms with Crippen LogP contribution < -0.4 is 11.5 Å². The van der Waals surface area contributed by atoms with Crippen LogP contribution >= 0.6 is 0 Å². The van der Waals surface area contributed by atoms with Crippen LogP contribution in [-0.4, -0.2) is 20.3 Å². The highest BCUT2D eigenvalue weighted by Crippen LogP contribution is 1.38. The molecule has 2 amide bonds. The smallest absolute Gasteiger partial charge is 0.309 e. The van der Waals surface area contributed by atoms with Crippen molar-refractivity contribution in [3.05, 3.63) is 12.7 Å². The van der Waals surface area contributed by atoms with Crippen molar-refractivity contribution in [2.75, 3.05) is 14.2 Å². The lowest BCUT2D eigenvalue weighted by atomic mass is 10.8. The minimum absolute atomic E-state index is 0.833. The standard InChI is InChI=1S/C3H6.C2H6O.CH4N2O/c2*1-3-2;2-1(3)4/h3H,1H2,2H3;1-2H3;(H4,2,3,4). The maximum absolute atomic E-state index is 9.00. The number of allylic oxidation sites excluding steroid dienone is 1. The van der Waals surface area contributed by atoms with Crippen LogP contribution in [0.25, 0.3) is 0 Å². The molecule has 0 rings (SSSR count). The third-order valence-corrected chi connectivity index (χ3v) is 0. The summed E-state index contributed by atoms with van der Waals surface area (Å²) in [7, 11) is 3.25. The number of hydrogen-bond acceptors (Lipinski definition) is 2. The van der Waals surface area contributed by atoms with Crippen molar-refractivity contribution in [2.24, 2.45) is 11.5 Å². The second-order valence-electron chi connectivity index (χ2n) is 1.22. The van der Waals surface area contributed by atoms with Gasteiger partial charge in [-0.3, -0.25) is 0 Å². The van der Waals surface area contributed by atoms with Gasteiger partial charge in [0.05, 0.1) is 0 Å². The minimum Gasteiger partial charge on any atom is -0.388 e. The highest BCUT2D eigenvalue weighted by Gasteiger charge is 1.60. The zero-order valence-corrected chi connectivity index (χ0v) is 6.76. The normalized spacial score (nSPS) is 5.50. The number of primary amides is 2. The molecule has 0 aromatic rings. The molecular weight excluding hydrogens is 132 g/mol. The zero-order chi connectivity index (χ0) is 8.99. The van der Waals surface area contributed by atoms with Gasteiger partial charge in [0, 0.05) is 14.2 Å². The SMILES string of the molecule is C=CC.COC.NC(N)=O. The summed E-state index contributed by atoms with van der Waals surface area (Å²) in [5.74, 6) is 0. The van der Waals surface area contributed by atoms with Crippen LogP contribution in [0.4, 0.5) is 4.79 Å². The molecule has 10 heavy (non-hydrogen) atoms. The molecule has 0 heterocycles. The molecule has 0 aliphatic carbocycles. The van der Waals surface area contributed by atoms with Gasteiger partial charge in [0.15, 0.2) is 0 Å². The molecule has 62 valence electrons. The fourth-order valence-corrected chi connectivity index (χ4v) is 0. The van der Waals surface area contributed by atoms with Crippen molar-refractivity contribution in [1.82, 2.24) is 0 Å². The molecule has 0 saturated carbocycles. The Hall–Kier alpha value is -1.03. The molecular formula is C6H16N2O2. The summed E-state index contributed by atoms with van der Waals surface area (Å²) in [5, 5.41) is 0. The number of rotatable bonds is 0. The van der Waals surface area contributed by atoms with Crippen LogP contribution in [0.3, 0.4) is 0 Å². The van der Waals surface area contributed by atoms with Crippen LogP contribution in [0.5, 0.6) is 0 Å². The molecule has 0 aliphatic rings. The Bertz CT molecular complexity index is 70.1. The van der Waals surface area contributed by atoms with Crippen molar-refractivity contribution in [3.8, 4) is 0 Å². The number of carbonyl (C=O) groups is 1. The van der Waals surface area contributed by atoms with E-state index in [0.29, 0.717) is 0 Å². The first-order chi connectivity index (χ1) is 4.56. The van der Waals surface area contributed by atoms with Gasteiger partial charge >= 0.3 is 6.03 Å². The number of methoxy groups -OCH3 is 1. The molecule has 4 heteroatoms. The summed E-state index contributed by atoms with van der Waals surface area (Å²) in [6, 6.07) is -0.833. The third-order valence-electron chi connectivity index (χ3n) is 0. The summed E-state index contributed by atoms with van der Waals surface area (Å²) < 4.78 is 4.25. The molecule has 0 bridgehead atoms. The van der Waals surface area contributed by atoms with E-state index in [1.807, 2.05) is 6.92 Å². The first kappa shape index (κ1) is 16.0. The molecule has 0 saturated heterocycles. The summed E-state index contributed by atoms with van der Waals surface area (Å²) in [6.45, 7) is 5.25. The van der Waals surface area contributed by atoms with E-state index in [9.17, 15) is 0 Å². The molecule has 0 radical (unpaired) electrons. The van der Waals surface area contributed by atoms with Gasteiger partial charge in [0.2, 0.25) is 0 Å². The van der Waals surface area contributed by atoms with E-state index < -0.39 is 6.03 Å². The van der Waals surface area contributed by atoms with Crippen LogP contribution in [0, 0.1) is 0 Å². The number of nitrogens with two attached hydrogens (primary N) is 2. The average molecular weight is 148 g/mol. The van der Waals surface area contributed by atoms with Gasteiger partial charge in [-0.1, -0.05) is 6.08 Å². The Morgan fingerprint density at radius 1 is 1.50 bits per heavy atom. The first-order valence-corrected chi connectivity index (χ1v) is 2.58. The van der Waals surface area contributed by atoms with E-state index in [4.69, 9.17) is 4.79 Å². The van der Waals surface area contributed by atoms with Crippen LogP contribution in [-0.2, 0) is 4.74 Å². The van der Waals surface area contributed by atoms with Gasteiger partial charge in [0.1, 0.15) is 0 Å². The topological polar surface area (TPSA) is 78.3 Å². The van der Waals surface area contributed by atoms with Crippen LogP contribution in [0.2, 0.25) is 0 Å². The van der Waals surface area contributed by atoms with Crippen LogP contribution in [0.1, 0.15) is 6.92 Å². The van der Waals surface area contributed by atoms with Gasteiger partial charge in [0.25, 0.3) is 0 Å². The number of ether oxygens (including phenoxy) is 1. The lowest BCUT2D eigenvalue weighted by Crippen LogP contribution is -2.18. The van der Waals surface area contributed by atoms with Crippen molar-refractivity contribution in [3.63, 3.8) is 0 Å². The maximum atomic E-state index is 9.00. The first-order valence-electron chi connectivity index (χ1n) is 2.58. The largest absolute Gasteiger partial charge is 0.388 e. The molecule has 0 aromatic heterocycles.